The van der Waals surface area contributed by atoms with Crippen molar-refractivity contribution in [2.45, 2.75) is 38.8 Å². The standard InChI is InChI=1S/C21H22Cl3N3O/c1-3-5-18(28-2)14-7-8-15(23)19-20(14)27-11-4-10-26(21(27)25-19)17-9-6-13(22)12-16(17)24/h6-9,12,18H,3-5,10-11H2,1-2H3. The van der Waals surface area contributed by atoms with Crippen LogP contribution in [-0.2, 0) is 11.3 Å². The molecule has 1 aromatic heterocycles. The van der Waals surface area contributed by atoms with Crippen molar-refractivity contribution in [3.63, 3.8) is 0 Å². The Morgan fingerprint density at radius 3 is 2.64 bits per heavy atom. The van der Waals surface area contributed by atoms with Crippen LogP contribution in [0.3, 0.4) is 0 Å². The average molecular weight is 439 g/mol. The highest BCUT2D eigenvalue weighted by Crippen LogP contribution is 2.41. The van der Waals surface area contributed by atoms with Gasteiger partial charge in [-0.15, -0.1) is 0 Å². The van der Waals surface area contributed by atoms with Gasteiger partial charge >= 0.3 is 0 Å². The fourth-order valence-electron chi connectivity index (χ4n) is 3.98. The zero-order valence-electron chi connectivity index (χ0n) is 15.9. The van der Waals surface area contributed by atoms with Crippen molar-refractivity contribution in [2.24, 2.45) is 0 Å². The molecular weight excluding hydrogens is 417 g/mol. The number of methoxy groups -OCH3 is 1. The Labute approximate surface area is 180 Å². The van der Waals surface area contributed by atoms with Gasteiger partial charge in [0.25, 0.3) is 0 Å². The van der Waals surface area contributed by atoms with Crippen LogP contribution in [-0.4, -0.2) is 23.2 Å². The summed E-state index contributed by atoms with van der Waals surface area (Å²) >= 11 is 19.1. The van der Waals surface area contributed by atoms with Crippen LogP contribution in [0.15, 0.2) is 30.3 Å². The highest BCUT2D eigenvalue weighted by atomic mass is 35.5. The van der Waals surface area contributed by atoms with E-state index in [1.54, 1.807) is 13.2 Å². The number of ether oxygens (including phenoxy) is 1. The fourth-order valence-corrected chi connectivity index (χ4v) is 4.68. The zero-order valence-corrected chi connectivity index (χ0v) is 18.2. The minimum absolute atomic E-state index is 0.0139. The Kier molecular flexibility index (Phi) is 5.75. The van der Waals surface area contributed by atoms with E-state index in [0.717, 1.165) is 60.6 Å². The second kappa shape index (κ2) is 8.11. The van der Waals surface area contributed by atoms with E-state index in [1.165, 1.54) is 0 Å². The second-order valence-electron chi connectivity index (χ2n) is 7.01. The van der Waals surface area contributed by atoms with Gasteiger partial charge in [0.2, 0.25) is 5.95 Å². The van der Waals surface area contributed by atoms with Gasteiger partial charge in [-0.3, -0.25) is 0 Å². The first-order valence-corrected chi connectivity index (χ1v) is 10.6. The third-order valence-electron chi connectivity index (χ3n) is 5.24. The molecule has 0 saturated heterocycles. The molecule has 7 heteroatoms. The molecule has 0 amide bonds. The maximum Gasteiger partial charge on any atom is 0.211 e. The molecule has 4 rings (SSSR count). The normalized spacial score (nSPS) is 15.1. The maximum atomic E-state index is 6.54. The SMILES string of the molecule is CCCC(OC)c1ccc(Cl)c2nc3n(c12)CCCN3c1ccc(Cl)cc1Cl. The second-order valence-corrected chi connectivity index (χ2v) is 8.26. The maximum absolute atomic E-state index is 6.54. The minimum atomic E-state index is 0.0139. The third kappa shape index (κ3) is 3.37. The van der Waals surface area contributed by atoms with Gasteiger partial charge in [0.15, 0.2) is 0 Å². The Morgan fingerprint density at radius 1 is 1.11 bits per heavy atom. The smallest absolute Gasteiger partial charge is 0.211 e. The van der Waals surface area contributed by atoms with Crippen molar-refractivity contribution in [3.05, 3.63) is 51.0 Å². The first kappa shape index (κ1) is 19.8. The van der Waals surface area contributed by atoms with E-state index in [0.29, 0.717) is 15.1 Å². The summed E-state index contributed by atoms with van der Waals surface area (Å²) in [6, 6.07) is 9.54. The molecule has 1 atom stereocenters. The van der Waals surface area contributed by atoms with E-state index in [2.05, 4.69) is 22.5 Å². The van der Waals surface area contributed by atoms with Crippen molar-refractivity contribution in [1.29, 1.82) is 0 Å². The molecule has 148 valence electrons. The number of benzene rings is 2. The predicted molar refractivity (Wildman–Crippen MR) is 117 cm³/mol. The van der Waals surface area contributed by atoms with Gasteiger partial charge < -0.3 is 14.2 Å². The van der Waals surface area contributed by atoms with Crippen LogP contribution in [0, 0.1) is 0 Å². The summed E-state index contributed by atoms with van der Waals surface area (Å²) in [4.78, 5) is 7.06. The Hall–Kier alpha value is -1.46. The van der Waals surface area contributed by atoms with E-state index >= 15 is 0 Å². The minimum Gasteiger partial charge on any atom is -0.377 e. The molecular formula is C21H22Cl3N3O. The van der Waals surface area contributed by atoms with Crippen molar-refractivity contribution in [2.75, 3.05) is 18.6 Å². The van der Waals surface area contributed by atoms with E-state index in [-0.39, 0.29) is 6.10 Å². The monoisotopic (exact) mass is 437 g/mol. The summed E-state index contributed by atoms with van der Waals surface area (Å²) in [5.41, 5.74) is 3.89. The van der Waals surface area contributed by atoms with Crippen molar-refractivity contribution < 1.29 is 4.74 Å². The summed E-state index contributed by atoms with van der Waals surface area (Å²) in [7, 11) is 1.76. The van der Waals surface area contributed by atoms with Crippen LogP contribution in [0.2, 0.25) is 15.1 Å². The summed E-state index contributed by atoms with van der Waals surface area (Å²) in [5.74, 6) is 0.853. The van der Waals surface area contributed by atoms with Crippen molar-refractivity contribution in [1.82, 2.24) is 9.55 Å². The number of imidazole rings is 1. The van der Waals surface area contributed by atoms with Gasteiger partial charge in [0.1, 0.15) is 5.52 Å². The molecule has 0 N–H and O–H groups in total. The van der Waals surface area contributed by atoms with Crippen LogP contribution in [0.4, 0.5) is 11.6 Å². The number of aryl methyl sites for hydroxylation is 1. The number of rotatable bonds is 5. The third-order valence-corrected chi connectivity index (χ3v) is 6.09. The first-order valence-electron chi connectivity index (χ1n) is 9.49. The Morgan fingerprint density at radius 2 is 1.93 bits per heavy atom. The lowest BCUT2D eigenvalue weighted by atomic mass is 10.0. The number of hydrogen-bond donors (Lipinski definition) is 0. The fraction of sp³-hybridized carbons (Fsp3) is 0.381. The first-order chi connectivity index (χ1) is 13.5. The Bertz CT molecular complexity index is 1020. The number of fused-ring (bicyclic) bond motifs is 3. The molecule has 1 aliphatic heterocycles. The topological polar surface area (TPSA) is 30.3 Å². The molecule has 28 heavy (non-hydrogen) atoms. The van der Waals surface area contributed by atoms with Crippen molar-refractivity contribution >= 4 is 57.5 Å². The highest BCUT2D eigenvalue weighted by Gasteiger charge is 2.28. The van der Waals surface area contributed by atoms with Gasteiger partial charge in [-0.05, 0) is 37.1 Å². The molecule has 2 aromatic carbocycles. The molecule has 1 aliphatic rings. The highest BCUT2D eigenvalue weighted by molar-refractivity contribution is 6.36. The molecule has 1 unspecified atom stereocenters. The summed E-state index contributed by atoms with van der Waals surface area (Å²) in [6.07, 6.45) is 2.98. The summed E-state index contributed by atoms with van der Waals surface area (Å²) in [5, 5.41) is 1.88. The quantitative estimate of drug-likeness (QED) is 0.428. The molecule has 0 radical (unpaired) electrons. The van der Waals surface area contributed by atoms with Crippen LogP contribution < -0.4 is 4.90 Å². The summed E-state index contributed by atoms with van der Waals surface area (Å²) < 4.78 is 8.04. The Balaban J connectivity index is 1.91. The molecule has 0 spiro atoms. The van der Waals surface area contributed by atoms with E-state index < -0.39 is 0 Å². The van der Waals surface area contributed by atoms with E-state index in [4.69, 9.17) is 44.5 Å². The lowest BCUT2D eigenvalue weighted by molar-refractivity contribution is 0.0959. The molecule has 3 aromatic rings. The van der Waals surface area contributed by atoms with Crippen molar-refractivity contribution in [3.8, 4) is 0 Å². The predicted octanol–water partition coefficient (Wildman–Crippen LogP) is 7.03. The largest absolute Gasteiger partial charge is 0.377 e. The van der Waals surface area contributed by atoms with Crippen LogP contribution in [0.25, 0.3) is 11.0 Å². The number of anilines is 2. The number of hydrogen-bond acceptors (Lipinski definition) is 3. The molecule has 2 heterocycles. The lowest BCUT2D eigenvalue weighted by Gasteiger charge is -2.30. The number of aromatic nitrogens is 2. The molecule has 4 nitrogen and oxygen atoms in total. The van der Waals surface area contributed by atoms with Gasteiger partial charge in [0.05, 0.1) is 27.4 Å². The number of halogens is 3. The van der Waals surface area contributed by atoms with Gasteiger partial charge in [-0.2, -0.15) is 0 Å². The van der Waals surface area contributed by atoms with Crippen LogP contribution >= 0.6 is 34.8 Å². The molecule has 0 bridgehead atoms. The average Bonchev–Trinajstić information content (AvgIpc) is 3.08. The van der Waals surface area contributed by atoms with E-state index in [1.807, 2.05) is 18.2 Å². The van der Waals surface area contributed by atoms with Gasteiger partial charge in [0, 0.05) is 30.8 Å². The number of nitrogens with zero attached hydrogens (tertiary/aromatic N) is 3. The van der Waals surface area contributed by atoms with Crippen LogP contribution in [0.1, 0.15) is 37.9 Å². The molecule has 0 fully saturated rings. The molecule has 0 saturated carbocycles. The van der Waals surface area contributed by atoms with Gasteiger partial charge in [-0.25, -0.2) is 4.98 Å². The summed E-state index contributed by atoms with van der Waals surface area (Å²) in [6.45, 7) is 3.87. The lowest BCUT2D eigenvalue weighted by Crippen LogP contribution is -2.28. The van der Waals surface area contributed by atoms with Gasteiger partial charge in [-0.1, -0.05) is 54.2 Å². The zero-order chi connectivity index (χ0) is 19.8. The van der Waals surface area contributed by atoms with Crippen LogP contribution in [0.5, 0.6) is 0 Å². The van der Waals surface area contributed by atoms with E-state index in [9.17, 15) is 0 Å². The molecule has 0 aliphatic carbocycles.